The number of aliphatic hydroxyl groups is 1. The van der Waals surface area contributed by atoms with Crippen LogP contribution in [0.4, 0.5) is 0 Å². The van der Waals surface area contributed by atoms with Crippen molar-refractivity contribution in [3.8, 4) is 17.0 Å². The van der Waals surface area contributed by atoms with Crippen LogP contribution in [0.25, 0.3) is 22.3 Å². The molecule has 3 aromatic rings. The van der Waals surface area contributed by atoms with Crippen molar-refractivity contribution in [3.05, 3.63) is 53.2 Å². The van der Waals surface area contributed by atoms with Gasteiger partial charge in [0, 0.05) is 35.7 Å². The molecule has 2 atom stereocenters. The number of aryl methyl sites for hydroxylation is 2. The number of phenolic OH excluding ortho intramolecular Hbond substituents is 1. The Morgan fingerprint density at radius 2 is 1.85 bits per heavy atom. The van der Waals surface area contributed by atoms with E-state index in [0.29, 0.717) is 11.3 Å². The maximum atomic E-state index is 10.4. The number of rotatable bonds is 2. The molecule has 2 unspecified atom stereocenters. The van der Waals surface area contributed by atoms with E-state index in [-0.39, 0.29) is 17.8 Å². The van der Waals surface area contributed by atoms with Crippen LogP contribution >= 0.6 is 0 Å². The smallest absolute Gasteiger partial charge is 0.160 e. The fourth-order valence-electron chi connectivity index (χ4n) is 4.03. The minimum Gasteiger partial charge on any atom is -0.507 e. The van der Waals surface area contributed by atoms with Crippen LogP contribution in [0.1, 0.15) is 29.2 Å². The quantitative estimate of drug-likeness (QED) is 0.730. The molecule has 0 bridgehead atoms. The summed E-state index contributed by atoms with van der Waals surface area (Å²) >= 11 is 0. The lowest BCUT2D eigenvalue weighted by molar-refractivity contribution is 0.0694. The van der Waals surface area contributed by atoms with E-state index in [1.165, 1.54) is 0 Å². The lowest BCUT2D eigenvalue weighted by Gasteiger charge is -2.33. The second-order valence-electron chi connectivity index (χ2n) is 7.68. The van der Waals surface area contributed by atoms with E-state index in [4.69, 9.17) is 9.97 Å². The first-order valence-corrected chi connectivity index (χ1v) is 9.37. The minimum atomic E-state index is -0.377. The normalized spacial score (nSPS) is 20.9. The molecular weight excluding hydrogens is 338 g/mol. The van der Waals surface area contributed by atoms with E-state index in [0.717, 1.165) is 47.3 Å². The summed E-state index contributed by atoms with van der Waals surface area (Å²) in [5.74, 6) is 0.230. The first-order valence-electron chi connectivity index (χ1n) is 9.37. The van der Waals surface area contributed by atoms with Gasteiger partial charge in [0.25, 0.3) is 0 Å². The van der Waals surface area contributed by atoms with Crippen LogP contribution in [0.5, 0.6) is 5.75 Å². The summed E-state index contributed by atoms with van der Waals surface area (Å²) < 4.78 is 0. The third-order valence-electron chi connectivity index (χ3n) is 5.45. The SMILES string of the molecule is Cc1cc(C)c(-c2ccc3ccc(C4CN(C)CCC4O)nc3n2)c(O)c1. The number of pyridine rings is 2. The van der Waals surface area contributed by atoms with Crippen molar-refractivity contribution in [2.45, 2.75) is 32.3 Å². The third kappa shape index (κ3) is 3.40. The van der Waals surface area contributed by atoms with E-state index < -0.39 is 0 Å². The number of fused-ring (bicyclic) bond motifs is 1. The van der Waals surface area contributed by atoms with Crippen LogP contribution in [-0.2, 0) is 0 Å². The summed E-state index contributed by atoms with van der Waals surface area (Å²) in [6.07, 6.45) is 0.378. The molecule has 1 fully saturated rings. The zero-order chi connectivity index (χ0) is 19.1. The highest BCUT2D eigenvalue weighted by molar-refractivity contribution is 5.81. The number of hydrogen-bond donors (Lipinski definition) is 2. The molecule has 0 amide bonds. The summed E-state index contributed by atoms with van der Waals surface area (Å²) in [4.78, 5) is 11.7. The molecule has 5 heteroatoms. The third-order valence-corrected chi connectivity index (χ3v) is 5.45. The average molecular weight is 363 g/mol. The predicted molar refractivity (Wildman–Crippen MR) is 107 cm³/mol. The van der Waals surface area contributed by atoms with Crippen LogP contribution in [0.3, 0.4) is 0 Å². The van der Waals surface area contributed by atoms with Gasteiger partial charge in [-0.3, -0.25) is 0 Å². The van der Waals surface area contributed by atoms with Crippen molar-refractivity contribution in [3.63, 3.8) is 0 Å². The highest BCUT2D eigenvalue weighted by Gasteiger charge is 2.28. The van der Waals surface area contributed by atoms with Gasteiger partial charge in [-0.1, -0.05) is 6.07 Å². The summed E-state index contributed by atoms with van der Waals surface area (Å²) in [5, 5.41) is 21.8. The van der Waals surface area contributed by atoms with Gasteiger partial charge < -0.3 is 15.1 Å². The molecule has 4 rings (SSSR count). The summed E-state index contributed by atoms with van der Waals surface area (Å²) in [5.41, 5.74) is 4.97. The zero-order valence-electron chi connectivity index (χ0n) is 16.0. The summed E-state index contributed by atoms with van der Waals surface area (Å²) in [6, 6.07) is 11.7. The molecule has 0 saturated carbocycles. The van der Waals surface area contributed by atoms with Crippen molar-refractivity contribution in [1.29, 1.82) is 0 Å². The van der Waals surface area contributed by atoms with Crippen LogP contribution < -0.4 is 0 Å². The second-order valence-corrected chi connectivity index (χ2v) is 7.68. The molecule has 2 aromatic heterocycles. The molecule has 5 nitrogen and oxygen atoms in total. The number of likely N-dealkylation sites (tertiary alicyclic amines) is 1. The lowest BCUT2D eigenvalue weighted by Crippen LogP contribution is -2.39. The van der Waals surface area contributed by atoms with Gasteiger partial charge in [-0.05, 0) is 68.8 Å². The maximum absolute atomic E-state index is 10.4. The Balaban J connectivity index is 1.78. The number of likely N-dealkylation sites (N-methyl/N-ethyl adjacent to an activating group) is 1. The number of aliphatic hydroxyl groups excluding tert-OH is 1. The predicted octanol–water partition coefficient (Wildman–Crippen LogP) is 3.40. The number of benzene rings is 1. The van der Waals surface area contributed by atoms with Crippen molar-refractivity contribution in [1.82, 2.24) is 14.9 Å². The first kappa shape index (κ1) is 17.9. The van der Waals surface area contributed by atoms with E-state index in [1.54, 1.807) is 6.07 Å². The molecule has 0 spiro atoms. The van der Waals surface area contributed by atoms with Gasteiger partial charge in [0.1, 0.15) is 5.75 Å². The molecule has 140 valence electrons. The van der Waals surface area contributed by atoms with Gasteiger partial charge in [0.2, 0.25) is 0 Å². The number of piperidine rings is 1. The highest BCUT2D eigenvalue weighted by atomic mass is 16.3. The lowest BCUT2D eigenvalue weighted by atomic mass is 9.91. The van der Waals surface area contributed by atoms with Crippen LogP contribution in [0.2, 0.25) is 0 Å². The summed E-state index contributed by atoms with van der Waals surface area (Å²) in [7, 11) is 2.07. The largest absolute Gasteiger partial charge is 0.507 e. The monoisotopic (exact) mass is 363 g/mol. The Kier molecular flexibility index (Phi) is 4.58. The van der Waals surface area contributed by atoms with E-state index >= 15 is 0 Å². The molecule has 27 heavy (non-hydrogen) atoms. The van der Waals surface area contributed by atoms with Gasteiger partial charge in [0.15, 0.2) is 5.65 Å². The number of aromatic nitrogens is 2. The Bertz CT molecular complexity index is 979. The highest BCUT2D eigenvalue weighted by Crippen LogP contribution is 2.33. The molecule has 1 aliphatic rings. The van der Waals surface area contributed by atoms with Gasteiger partial charge >= 0.3 is 0 Å². The van der Waals surface area contributed by atoms with Crippen LogP contribution in [-0.4, -0.2) is 51.3 Å². The second kappa shape index (κ2) is 6.91. The topological polar surface area (TPSA) is 69.5 Å². The first-order chi connectivity index (χ1) is 12.9. The fourth-order valence-corrected chi connectivity index (χ4v) is 4.03. The molecule has 1 aromatic carbocycles. The number of hydrogen-bond acceptors (Lipinski definition) is 5. The van der Waals surface area contributed by atoms with Crippen molar-refractivity contribution < 1.29 is 10.2 Å². The Morgan fingerprint density at radius 3 is 2.63 bits per heavy atom. The van der Waals surface area contributed by atoms with Gasteiger partial charge in [0.05, 0.1) is 11.8 Å². The Labute approximate surface area is 159 Å². The van der Waals surface area contributed by atoms with E-state index in [2.05, 4.69) is 11.9 Å². The maximum Gasteiger partial charge on any atom is 0.160 e. The number of aromatic hydroxyl groups is 1. The molecule has 1 aliphatic heterocycles. The van der Waals surface area contributed by atoms with E-state index in [1.807, 2.05) is 44.2 Å². The van der Waals surface area contributed by atoms with Crippen LogP contribution in [0, 0.1) is 13.8 Å². The molecule has 1 saturated heterocycles. The van der Waals surface area contributed by atoms with Crippen molar-refractivity contribution in [2.24, 2.45) is 0 Å². The molecule has 2 N–H and O–H groups in total. The van der Waals surface area contributed by atoms with Crippen molar-refractivity contribution in [2.75, 3.05) is 20.1 Å². The van der Waals surface area contributed by atoms with Gasteiger partial charge in [-0.15, -0.1) is 0 Å². The molecule has 3 heterocycles. The zero-order valence-corrected chi connectivity index (χ0v) is 16.0. The van der Waals surface area contributed by atoms with Gasteiger partial charge in [-0.25, -0.2) is 9.97 Å². The van der Waals surface area contributed by atoms with Crippen molar-refractivity contribution >= 4 is 11.0 Å². The summed E-state index contributed by atoms with van der Waals surface area (Å²) in [6.45, 7) is 5.63. The van der Waals surface area contributed by atoms with E-state index in [9.17, 15) is 10.2 Å². The Morgan fingerprint density at radius 1 is 1.07 bits per heavy atom. The average Bonchev–Trinajstić information content (AvgIpc) is 2.62. The standard InChI is InChI=1S/C22H25N3O2/c1-13-10-14(2)21(20(27)11-13)18-7-5-15-4-6-17(23-22(15)24-18)16-12-25(3)9-8-19(16)26/h4-7,10-11,16,19,26-27H,8-9,12H2,1-3H3. The number of nitrogens with zero attached hydrogens (tertiary/aromatic N) is 3. The van der Waals surface area contributed by atoms with Gasteiger partial charge in [-0.2, -0.15) is 0 Å². The molecule has 0 aliphatic carbocycles. The number of phenols is 1. The minimum absolute atomic E-state index is 0.00637. The Hall–Kier alpha value is -2.50. The van der Waals surface area contributed by atoms with Crippen LogP contribution in [0.15, 0.2) is 36.4 Å². The molecular formula is C22H25N3O2. The molecule has 0 radical (unpaired) electrons. The fraction of sp³-hybridized carbons (Fsp3) is 0.364.